The monoisotopic (exact) mass is 334 g/mol. The Bertz CT molecular complexity index is 765. The van der Waals surface area contributed by atoms with Gasteiger partial charge in [-0.2, -0.15) is 4.52 Å². The van der Waals surface area contributed by atoms with E-state index in [0.29, 0.717) is 17.1 Å². The third-order valence-electron chi connectivity index (χ3n) is 5.57. The van der Waals surface area contributed by atoms with E-state index in [4.69, 9.17) is 4.74 Å². The van der Waals surface area contributed by atoms with Crippen molar-refractivity contribution < 1.29 is 4.74 Å². The van der Waals surface area contributed by atoms with Crippen LogP contribution >= 0.6 is 11.3 Å². The number of hydrogen-bond acceptors (Lipinski definition) is 6. The first-order chi connectivity index (χ1) is 11.2. The van der Waals surface area contributed by atoms with Crippen LogP contribution in [0.1, 0.15) is 39.0 Å². The molecule has 0 radical (unpaired) electrons. The largest absolute Gasteiger partial charge is 0.378 e. The number of rotatable bonds is 4. The Morgan fingerprint density at radius 3 is 2.96 bits per heavy atom. The molecule has 2 aliphatic rings. The molecule has 7 heteroatoms. The van der Waals surface area contributed by atoms with Gasteiger partial charge in [0.2, 0.25) is 10.1 Å². The second-order valence-corrected chi connectivity index (χ2v) is 7.54. The van der Waals surface area contributed by atoms with Crippen molar-refractivity contribution in [1.82, 2.24) is 14.6 Å². The summed E-state index contributed by atoms with van der Waals surface area (Å²) < 4.78 is 7.40. The highest BCUT2D eigenvalue weighted by Gasteiger charge is 2.58. The highest BCUT2D eigenvalue weighted by Crippen LogP contribution is 2.57. The van der Waals surface area contributed by atoms with Crippen LogP contribution in [0.15, 0.2) is 17.1 Å². The van der Waals surface area contributed by atoms with Crippen LogP contribution in [0, 0.1) is 5.41 Å². The predicted molar refractivity (Wildman–Crippen MR) is 90.3 cm³/mol. The Morgan fingerprint density at radius 1 is 1.48 bits per heavy atom. The predicted octanol–water partition coefficient (Wildman–Crippen LogP) is 2.33. The van der Waals surface area contributed by atoms with Crippen LogP contribution in [0.3, 0.4) is 0 Å². The van der Waals surface area contributed by atoms with Crippen LogP contribution in [0.5, 0.6) is 0 Å². The van der Waals surface area contributed by atoms with Gasteiger partial charge in [-0.25, -0.2) is 4.98 Å². The molecule has 0 aliphatic heterocycles. The smallest absolute Gasteiger partial charge is 0.275 e. The lowest BCUT2D eigenvalue weighted by atomic mass is 9.60. The van der Waals surface area contributed by atoms with Crippen LogP contribution in [-0.4, -0.2) is 40.4 Å². The number of hydrogen-bond donors (Lipinski definition) is 0. The van der Waals surface area contributed by atoms with Gasteiger partial charge in [-0.1, -0.05) is 24.2 Å². The highest BCUT2D eigenvalue weighted by molar-refractivity contribution is 7.20. The maximum absolute atomic E-state index is 11.9. The third kappa shape index (κ3) is 2.21. The van der Waals surface area contributed by atoms with Crippen molar-refractivity contribution in [2.24, 2.45) is 5.41 Å². The van der Waals surface area contributed by atoms with Crippen molar-refractivity contribution >= 4 is 21.4 Å². The van der Waals surface area contributed by atoms with Gasteiger partial charge in [-0.3, -0.25) is 4.79 Å². The van der Waals surface area contributed by atoms with E-state index < -0.39 is 0 Å². The van der Waals surface area contributed by atoms with Crippen molar-refractivity contribution in [1.29, 1.82) is 0 Å². The lowest BCUT2D eigenvalue weighted by Gasteiger charge is -2.56. The molecule has 2 atom stereocenters. The quantitative estimate of drug-likeness (QED) is 0.859. The zero-order valence-corrected chi connectivity index (χ0v) is 14.4. The molecule has 2 fully saturated rings. The van der Waals surface area contributed by atoms with Crippen LogP contribution in [0.4, 0.5) is 5.13 Å². The van der Waals surface area contributed by atoms with E-state index >= 15 is 0 Å². The summed E-state index contributed by atoms with van der Waals surface area (Å²) in [6.07, 6.45) is 8.00. The van der Waals surface area contributed by atoms with E-state index in [-0.39, 0.29) is 11.0 Å². The molecule has 2 heterocycles. The zero-order valence-electron chi connectivity index (χ0n) is 13.6. The van der Waals surface area contributed by atoms with Gasteiger partial charge in [0.1, 0.15) is 0 Å². The molecule has 0 N–H and O–H groups in total. The molecule has 6 nitrogen and oxygen atoms in total. The zero-order chi connectivity index (χ0) is 16.0. The van der Waals surface area contributed by atoms with Gasteiger partial charge in [-0.05, 0) is 26.2 Å². The summed E-state index contributed by atoms with van der Waals surface area (Å²) in [4.78, 5) is 19.0. The molecular formula is C16H22N4O2S. The summed E-state index contributed by atoms with van der Waals surface area (Å²) in [6.45, 7) is 2.86. The first-order valence-corrected chi connectivity index (χ1v) is 9.16. The summed E-state index contributed by atoms with van der Waals surface area (Å²) in [5, 5.41) is 5.35. The standard InChI is InChI=1S/C16H22N4O2S/c1-3-22-12-10-11(16(12)7-4-5-8-16)19(2)15-18-20-13(21)6-9-17-14(20)23-15/h6,9,11-12H,3-5,7-8,10H2,1-2H3. The second-order valence-electron chi connectivity index (χ2n) is 6.61. The minimum atomic E-state index is -0.123. The number of ether oxygens (including phenoxy) is 1. The van der Waals surface area contributed by atoms with Gasteiger partial charge in [0.15, 0.2) is 0 Å². The Labute approximate surface area is 139 Å². The lowest BCUT2D eigenvalue weighted by Crippen LogP contribution is -2.63. The van der Waals surface area contributed by atoms with Crippen LogP contribution in [0.2, 0.25) is 0 Å². The molecule has 0 bridgehead atoms. The van der Waals surface area contributed by atoms with Crippen molar-refractivity contribution in [2.45, 2.75) is 51.2 Å². The fourth-order valence-corrected chi connectivity index (χ4v) is 5.29. The highest BCUT2D eigenvalue weighted by atomic mass is 32.1. The fraction of sp³-hybridized carbons (Fsp3) is 0.688. The molecule has 124 valence electrons. The van der Waals surface area contributed by atoms with Crippen LogP contribution < -0.4 is 10.5 Å². The van der Waals surface area contributed by atoms with Crippen molar-refractivity contribution in [2.75, 3.05) is 18.6 Å². The van der Waals surface area contributed by atoms with Crippen LogP contribution in [-0.2, 0) is 4.74 Å². The SMILES string of the molecule is CCOC1CC(N(C)c2nn3c(=O)ccnc3s2)C12CCCC2. The number of nitrogens with zero attached hydrogens (tertiary/aromatic N) is 4. The Hall–Kier alpha value is -1.47. The molecule has 2 unspecified atom stereocenters. The molecule has 2 aliphatic carbocycles. The Morgan fingerprint density at radius 2 is 2.26 bits per heavy atom. The van der Waals surface area contributed by atoms with E-state index in [0.717, 1.165) is 18.2 Å². The molecule has 0 amide bonds. The minimum Gasteiger partial charge on any atom is -0.378 e. The summed E-state index contributed by atoms with van der Waals surface area (Å²) in [6, 6.07) is 1.89. The van der Waals surface area contributed by atoms with E-state index in [1.54, 1.807) is 6.20 Å². The number of aromatic nitrogens is 3. The second kappa shape index (κ2) is 5.56. The normalized spacial score (nSPS) is 25.8. The minimum absolute atomic E-state index is 0.123. The van der Waals surface area contributed by atoms with Gasteiger partial charge < -0.3 is 9.64 Å². The maximum Gasteiger partial charge on any atom is 0.275 e. The average molecular weight is 334 g/mol. The first-order valence-electron chi connectivity index (χ1n) is 8.35. The van der Waals surface area contributed by atoms with Gasteiger partial charge in [0.25, 0.3) is 5.56 Å². The van der Waals surface area contributed by atoms with Gasteiger partial charge in [0, 0.05) is 37.4 Å². The first kappa shape index (κ1) is 15.1. The fourth-order valence-electron chi connectivity index (χ4n) is 4.40. The van der Waals surface area contributed by atoms with E-state index in [9.17, 15) is 4.79 Å². The summed E-state index contributed by atoms with van der Waals surface area (Å²) in [5.74, 6) is 0. The molecular weight excluding hydrogens is 312 g/mol. The third-order valence-corrected chi connectivity index (χ3v) is 6.59. The van der Waals surface area contributed by atoms with Crippen molar-refractivity contribution in [3.8, 4) is 0 Å². The molecule has 1 spiro atoms. The summed E-state index contributed by atoms with van der Waals surface area (Å²) in [5.41, 5.74) is 0.142. The van der Waals surface area contributed by atoms with Crippen molar-refractivity contribution in [3.05, 3.63) is 22.6 Å². The van der Waals surface area contributed by atoms with Crippen molar-refractivity contribution in [3.63, 3.8) is 0 Å². The summed E-state index contributed by atoms with van der Waals surface area (Å²) >= 11 is 1.48. The Kier molecular flexibility index (Phi) is 3.65. The number of fused-ring (bicyclic) bond motifs is 1. The van der Waals surface area contributed by atoms with Crippen LogP contribution in [0.25, 0.3) is 4.96 Å². The van der Waals surface area contributed by atoms with E-state index in [1.165, 1.54) is 47.6 Å². The van der Waals surface area contributed by atoms with Gasteiger partial charge >= 0.3 is 0 Å². The average Bonchev–Trinajstić information content (AvgIpc) is 3.19. The molecule has 23 heavy (non-hydrogen) atoms. The molecule has 2 saturated carbocycles. The lowest BCUT2D eigenvalue weighted by molar-refractivity contribution is -0.121. The maximum atomic E-state index is 11.9. The van der Waals surface area contributed by atoms with E-state index in [2.05, 4.69) is 29.0 Å². The molecule has 2 aromatic heterocycles. The van der Waals surface area contributed by atoms with Gasteiger partial charge in [-0.15, -0.1) is 5.10 Å². The molecule has 4 rings (SSSR count). The van der Waals surface area contributed by atoms with Gasteiger partial charge in [0.05, 0.1) is 6.10 Å². The topological polar surface area (TPSA) is 59.7 Å². The number of anilines is 1. The Balaban J connectivity index is 1.64. The summed E-state index contributed by atoms with van der Waals surface area (Å²) in [7, 11) is 2.09. The van der Waals surface area contributed by atoms with E-state index in [1.807, 2.05) is 0 Å². The molecule has 0 aromatic carbocycles. The molecule has 2 aromatic rings. The molecule has 0 saturated heterocycles.